The van der Waals surface area contributed by atoms with Gasteiger partial charge in [0.2, 0.25) is 0 Å². The van der Waals surface area contributed by atoms with Crippen molar-refractivity contribution in [2.75, 3.05) is 5.43 Å². The van der Waals surface area contributed by atoms with E-state index < -0.39 is 0 Å². The summed E-state index contributed by atoms with van der Waals surface area (Å²) in [5.74, 6) is 0.676. The molecule has 6 nitrogen and oxygen atoms in total. The van der Waals surface area contributed by atoms with Crippen LogP contribution in [0.3, 0.4) is 0 Å². The van der Waals surface area contributed by atoms with E-state index in [1.807, 2.05) is 0 Å². The number of nitrogens with zero attached hydrogens (tertiary/aromatic N) is 3. The van der Waals surface area contributed by atoms with Crippen molar-refractivity contribution in [3.8, 4) is 11.5 Å². The molecule has 1 aromatic carbocycles. The number of phenolic OH excluding ortho intramolecular Hbond substituents is 2. The number of hydrazone groups is 1. The van der Waals surface area contributed by atoms with Gasteiger partial charge < -0.3 is 10.2 Å². The van der Waals surface area contributed by atoms with Crippen LogP contribution in [0.15, 0.2) is 29.6 Å². The van der Waals surface area contributed by atoms with Crippen LogP contribution >= 0.6 is 11.3 Å². The molecule has 24 heavy (non-hydrogen) atoms. The van der Waals surface area contributed by atoms with E-state index in [-0.39, 0.29) is 11.5 Å². The molecule has 0 bridgehead atoms. The Bertz CT molecular complexity index is 936. The van der Waals surface area contributed by atoms with E-state index in [2.05, 4.69) is 20.5 Å². The van der Waals surface area contributed by atoms with Gasteiger partial charge in [-0.1, -0.05) is 0 Å². The number of thiophene rings is 1. The Morgan fingerprint density at radius 1 is 1.17 bits per heavy atom. The molecule has 0 unspecified atom stereocenters. The SMILES string of the molecule is Oc1ccc(C=NNc2ncnc3sc4c(c23)CCCC4)c(O)c1. The molecular weight excluding hydrogens is 324 g/mol. The van der Waals surface area contributed by atoms with E-state index in [0.717, 1.165) is 23.1 Å². The lowest BCUT2D eigenvalue weighted by Crippen LogP contribution is -2.01. The van der Waals surface area contributed by atoms with E-state index >= 15 is 0 Å². The highest BCUT2D eigenvalue weighted by Gasteiger charge is 2.19. The maximum atomic E-state index is 9.78. The van der Waals surface area contributed by atoms with Gasteiger partial charge in [0.05, 0.1) is 11.6 Å². The van der Waals surface area contributed by atoms with Crippen LogP contribution in [0.5, 0.6) is 11.5 Å². The monoisotopic (exact) mass is 340 g/mol. The van der Waals surface area contributed by atoms with Gasteiger partial charge in [0, 0.05) is 16.5 Å². The molecule has 7 heteroatoms. The van der Waals surface area contributed by atoms with Crippen molar-refractivity contribution in [1.82, 2.24) is 9.97 Å². The van der Waals surface area contributed by atoms with Crippen LogP contribution < -0.4 is 5.43 Å². The normalized spacial score (nSPS) is 14.2. The minimum Gasteiger partial charge on any atom is -0.508 e. The fourth-order valence-corrected chi connectivity index (χ4v) is 4.21. The summed E-state index contributed by atoms with van der Waals surface area (Å²) >= 11 is 1.74. The van der Waals surface area contributed by atoms with Crippen LogP contribution in [0.25, 0.3) is 10.2 Å². The highest BCUT2D eigenvalue weighted by Crippen LogP contribution is 2.38. The molecule has 0 amide bonds. The van der Waals surface area contributed by atoms with Gasteiger partial charge in [-0.15, -0.1) is 11.3 Å². The molecule has 4 rings (SSSR count). The Morgan fingerprint density at radius 3 is 2.92 bits per heavy atom. The number of anilines is 1. The summed E-state index contributed by atoms with van der Waals surface area (Å²) in [6.07, 6.45) is 7.63. The maximum Gasteiger partial charge on any atom is 0.158 e. The van der Waals surface area contributed by atoms with Gasteiger partial charge in [-0.3, -0.25) is 5.43 Å². The summed E-state index contributed by atoms with van der Waals surface area (Å²) in [5, 5.41) is 24.3. The van der Waals surface area contributed by atoms with Crippen LogP contribution in [-0.4, -0.2) is 26.4 Å². The van der Waals surface area contributed by atoms with Crippen molar-refractivity contribution < 1.29 is 10.2 Å². The molecule has 1 aliphatic rings. The van der Waals surface area contributed by atoms with Gasteiger partial charge in [0.25, 0.3) is 0 Å². The van der Waals surface area contributed by atoms with Crippen molar-refractivity contribution in [3.05, 3.63) is 40.5 Å². The predicted octanol–water partition coefficient (Wildman–Crippen LogP) is 3.43. The van der Waals surface area contributed by atoms with E-state index in [9.17, 15) is 10.2 Å². The van der Waals surface area contributed by atoms with E-state index in [4.69, 9.17) is 0 Å². The Kier molecular flexibility index (Phi) is 3.78. The molecule has 2 heterocycles. The second kappa shape index (κ2) is 6.09. The summed E-state index contributed by atoms with van der Waals surface area (Å²) in [4.78, 5) is 11.1. The Labute approximate surface area is 142 Å². The molecule has 0 saturated carbocycles. The average molecular weight is 340 g/mol. The lowest BCUT2D eigenvalue weighted by molar-refractivity contribution is 0.450. The van der Waals surface area contributed by atoms with Gasteiger partial charge >= 0.3 is 0 Å². The topological polar surface area (TPSA) is 90.6 Å². The van der Waals surface area contributed by atoms with Gasteiger partial charge in [0.1, 0.15) is 22.7 Å². The van der Waals surface area contributed by atoms with Gasteiger partial charge in [-0.25, -0.2) is 9.97 Å². The molecule has 1 aliphatic carbocycles. The number of nitrogens with one attached hydrogen (secondary N) is 1. The number of fused-ring (bicyclic) bond motifs is 3. The van der Waals surface area contributed by atoms with Crippen LogP contribution in [0.2, 0.25) is 0 Å². The van der Waals surface area contributed by atoms with Gasteiger partial charge in [-0.05, 0) is 43.4 Å². The number of hydrogen-bond acceptors (Lipinski definition) is 7. The molecule has 0 aliphatic heterocycles. The molecule has 122 valence electrons. The number of aromatic hydroxyl groups is 2. The number of rotatable bonds is 3. The molecule has 0 atom stereocenters. The van der Waals surface area contributed by atoms with Crippen molar-refractivity contribution >= 4 is 33.6 Å². The summed E-state index contributed by atoms with van der Waals surface area (Å²) < 4.78 is 0. The number of benzene rings is 1. The first kappa shape index (κ1) is 14.9. The molecule has 0 radical (unpaired) electrons. The fraction of sp³-hybridized carbons (Fsp3) is 0.235. The first-order valence-electron chi connectivity index (χ1n) is 7.78. The molecule has 3 aromatic rings. The lowest BCUT2D eigenvalue weighted by atomic mass is 9.97. The fourth-order valence-electron chi connectivity index (χ4n) is 2.98. The van der Waals surface area contributed by atoms with Crippen LogP contribution in [0.4, 0.5) is 5.82 Å². The van der Waals surface area contributed by atoms with Crippen molar-refractivity contribution in [2.24, 2.45) is 5.10 Å². The molecular formula is C17H16N4O2S. The van der Waals surface area contributed by atoms with Crippen LogP contribution in [-0.2, 0) is 12.8 Å². The standard InChI is InChI=1S/C17H16N4O2S/c22-11-6-5-10(13(23)7-11)8-20-21-16-15-12-3-1-2-4-14(12)24-17(15)19-9-18-16/h5-9,22-23H,1-4H2,(H,18,19,21). The third kappa shape index (κ3) is 2.67. The minimum atomic E-state index is -0.0266. The summed E-state index contributed by atoms with van der Waals surface area (Å²) in [6.45, 7) is 0. The quantitative estimate of drug-likeness (QED) is 0.502. The van der Waals surface area contributed by atoms with Gasteiger partial charge in [-0.2, -0.15) is 5.10 Å². The predicted molar refractivity (Wildman–Crippen MR) is 95.0 cm³/mol. The summed E-state index contributed by atoms with van der Waals surface area (Å²) in [6, 6.07) is 4.37. The molecule has 3 N–H and O–H groups in total. The van der Waals surface area contributed by atoms with Crippen LogP contribution in [0, 0.1) is 0 Å². The number of hydrogen-bond donors (Lipinski definition) is 3. The Hall–Kier alpha value is -2.67. The number of phenols is 2. The highest BCUT2D eigenvalue weighted by molar-refractivity contribution is 7.19. The zero-order valence-corrected chi connectivity index (χ0v) is 13.7. The van der Waals surface area contributed by atoms with Crippen molar-refractivity contribution in [3.63, 3.8) is 0 Å². The van der Waals surface area contributed by atoms with E-state index in [1.54, 1.807) is 23.7 Å². The van der Waals surface area contributed by atoms with Crippen molar-refractivity contribution in [2.45, 2.75) is 25.7 Å². The average Bonchev–Trinajstić information content (AvgIpc) is 2.96. The lowest BCUT2D eigenvalue weighted by Gasteiger charge is -2.11. The summed E-state index contributed by atoms with van der Waals surface area (Å²) in [5.41, 5.74) is 4.82. The first-order valence-corrected chi connectivity index (χ1v) is 8.60. The number of aromatic nitrogens is 2. The van der Waals surface area contributed by atoms with Crippen molar-refractivity contribution in [1.29, 1.82) is 0 Å². The molecule has 2 aromatic heterocycles. The summed E-state index contributed by atoms with van der Waals surface area (Å²) in [7, 11) is 0. The molecule has 0 spiro atoms. The van der Waals surface area contributed by atoms with Crippen LogP contribution in [0.1, 0.15) is 28.8 Å². The molecule has 0 fully saturated rings. The minimum absolute atomic E-state index is 0.0139. The van der Waals surface area contributed by atoms with E-state index in [1.165, 1.54) is 41.6 Å². The second-order valence-electron chi connectivity index (χ2n) is 5.73. The zero-order chi connectivity index (χ0) is 16.5. The first-order chi connectivity index (χ1) is 11.7. The maximum absolute atomic E-state index is 9.78. The second-order valence-corrected chi connectivity index (χ2v) is 6.81. The van der Waals surface area contributed by atoms with Gasteiger partial charge in [0.15, 0.2) is 5.82 Å². The third-order valence-corrected chi connectivity index (χ3v) is 5.34. The molecule has 0 saturated heterocycles. The smallest absolute Gasteiger partial charge is 0.158 e. The zero-order valence-electron chi connectivity index (χ0n) is 12.9. The number of aryl methyl sites for hydroxylation is 2. The largest absolute Gasteiger partial charge is 0.508 e. The highest BCUT2D eigenvalue weighted by atomic mass is 32.1. The Balaban J connectivity index is 1.65. The Morgan fingerprint density at radius 2 is 2.04 bits per heavy atom. The third-order valence-electron chi connectivity index (χ3n) is 4.14. The van der Waals surface area contributed by atoms with E-state index in [0.29, 0.717) is 11.4 Å².